The van der Waals surface area contributed by atoms with Gasteiger partial charge in [0.15, 0.2) is 5.82 Å². The van der Waals surface area contributed by atoms with Crippen molar-refractivity contribution in [1.29, 1.82) is 0 Å². The number of hydrogen-bond donors (Lipinski definition) is 2. The maximum Gasteiger partial charge on any atom is 0.239 e. The number of hydrogen-bond acceptors (Lipinski definition) is 6. The number of anilines is 1. The Balaban J connectivity index is 0.00000208. The van der Waals surface area contributed by atoms with E-state index in [1.165, 1.54) is 6.92 Å². The average molecular weight is 369 g/mol. The van der Waals surface area contributed by atoms with Gasteiger partial charge in [0.05, 0.1) is 10.8 Å². The normalized spacial score (nSPS) is 16.6. The van der Waals surface area contributed by atoms with Crippen LogP contribution in [0, 0.1) is 0 Å². The van der Waals surface area contributed by atoms with Crippen molar-refractivity contribution in [2.45, 2.75) is 48.8 Å². The smallest absolute Gasteiger partial charge is 0.239 e. The maximum absolute atomic E-state index is 11.0. The van der Waals surface area contributed by atoms with Gasteiger partial charge < -0.3 is 15.6 Å². The molecule has 130 valence electrons. The van der Waals surface area contributed by atoms with Crippen LogP contribution in [0.2, 0.25) is 0 Å². The first-order valence-electron chi connectivity index (χ1n) is 7.63. The van der Waals surface area contributed by atoms with E-state index in [0.717, 1.165) is 29.8 Å². The number of aromatic nitrogens is 2. The van der Waals surface area contributed by atoms with Crippen LogP contribution in [0.5, 0.6) is 0 Å². The minimum Gasteiger partial charge on any atom is -0.338 e. The first-order chi connectivity index (χ1) is 11.0. The molecule has 0 radical (unpaired) electrons. The molecule has 1 saturated carbocycles. The number of nitrogens with two attached hydrogens (primary N) is 1. The molecular formula is C16H21ClN4O2S. The minimum atomic E-state index is -0.397. The first-order valence-corrected chi connectivity index (χ1v) is 8.51. The van der Waals surface area contributed by atoms with E-state index in [9.17, 15) is 4.79 Å². The lowest BCUT2D eigenvalue weighted by Gasteiger charge is -2.34. The number of nitrogens with zero attached hydrogens (tertiary/aromatic N) is 2. The third-order valence-corrected chi connectivity index (χ3v) is 5.07. The zero-order valence-electron chi connectivity index (χ0n) is 13.6. The second kappa shape index (κ2) is 7.55. The summed E-state index contributed by atoms with van der Waals surface area (Å²) in [5.74, 6) is 1.13. The number of nitrogens with one attached hydrogen (secondary N) is 1. The minimum absolute atomic E-state index is 0. The molecule has 1 fully saturated rings. The van der Waals surface area contributed by atoms with Crippen molar-refractivity contribution in [3.63, 3.8) is 0 Å². The van der Waals surface area contributed by atoms with Crippen LogP contribution in [0.1, 0.15) is 50.1 Å². The molecule has 3 N–H and O–H groups in total. The highest BCUT2D eigenvalue weighted by molar-refractivity contribution is 7.99. The lowest BCUT2D eigenvalue weighted by atomic mass is 9.77. The summed E-state index contributed by atoms with van der Waals surface area (Å²) in [6, 6.07) is 7.66. The van der Waals surface area contributed by atoms with Gasteiger partial charge in [-0.15, -0.1) is 24.2 Å². The van der Waals surface area contributed by atoms with Crippen LogP contribution in [0.4, 0.5) is 5.69 Å². The van der Waals surface area contributed by atoms with Crippen LogP contribution >= 0.6 is 24.2 Å². The van der Waals surface area contributed by atoms with Crippen molar-refractivity contribution in [3.05, 3.63) is 36.0 Å². The molecule has 24 heavy (non-hydrogen) atoms. The summed E-state index contributed by atoms with van der Waals surface area (Å²) < 4.78 is 5.38. The third kappa shape index (κ3) is 4.09. The maximum atomic E-state index is 11.0. The van der Waals surface area contributed by atoms with E-state index in [4.69, 9.17) is 10.3 Å². The van der Waals surface area contributed by atoms with Crippen molar-refractivity contribution in [1.82, 2.24) is 10.1 Å². The number of carbonyl (C=O) groups excluding carboxylic acids is 1. The summed E-state index contributed by atoms with van der Waals surface area (Å²) >= 11 is 1.62. The van der Waals surface area contributed by atoms with Crippen LogP contribution in [0.25, 0.3) is 0 Å². The Morgan fingerprint density at radius 3 is 2.58 bits per heavy atom. The third-order valence-electron chi connectivity index (χ3n) is 3.97. The molecule has 0 saturated heterocycles. The van der Waals surface area contributed by atoms with Gasteiger partial charge in [0.1, 0.15) is 0 Å². The molecule has 0 bridgehead atoms. The van der Waals surface area contributed by atoms with Crippen LogP contribution in [-0.4, -0.2) is 16.0 Å². The predicted octanol–water partition coefficient (Wildman–Crippen LogP) is 3.64. The first kappa shape index (κ1) is 18.8. The summed E-state index contributed by atoms with van der Waals surface area (Å²) in [5.41, 5.74) is 6.61. The Hall–Kier alpha value is -1.57. The topological polar surface area (TPSA) is 94.0 Å². The van der Waals surface area contributed by atoms with Gasteiger partial charge >= 0.3 is 0 Å². The zero-order chi connectivity index (χ0) is 16.4. The highest BCUT2D eigenvalue weighted by Crippen LogP contribution is 2.39. The van der Waals surface area contributed by atoms with Gasteiger partial charge in [-0.05, 0) is 50.5 Å². The Kier molecular flexibility index (Phi) is 5.90. The van der Waals surface area contributed by atoms with Crippen LogP contribution < -0.4 is 11.1 Å². The molecule has 0 spiro atoms. The van der Waals surface area contributed by atoms with Gasteiger partial charge in [0.2, 0.25) is 11.8 Å². The van der Waals surface area contributed by atoms with Crippen LogP contribution in [0.15, 0.2) is 33.7 Å². The summed E-state index contributed by atoms with van der Waals surface area (Å²) in [4.78, 5) is 16.6. The van der Waals surface area contributed by atoms with Gasteiger partial charge in [0, 0.05) is 17.5 Å². The monoisotopic (exact) mass is 368 g/mol. The Labute approximate surface area is 151 Å². The SMILES string of the molecule is CC(=O)Nc1ccc(SC(C)c2nc(C3(N)CCC3)no2)cc1.Cl. The lowest BCUT2D eigenvalue weighted by molar-refractivity contribution is -0.114. The summed E-state index contributed by atoms with van der Waals surface area (Å²) in [6.45, 7) is 3.51. The molecule has 2 aromatic rings. The quantitative estimate of drug-likeness (QED) is 0.782. The van der Waals surface area contributed by atoms with E-state index >= 15 is 0 Å². The molecule has 1 aromatic heterocycles. The molecule has 1 atom stereocenters. The molecule has 8 heteroatoms. The van der Waals surface area contributed by atoms with Crippen molar-refractivity contribution in [3.8, 4) is 0 Å². The van der Waals surface area contributed by atoms with E-state index < -0.39 is 5.54 Å². The molecule has 0 aliphatic heterocycles. The summed E-state index contributed by atoms with van der Waals surface area (Å²) in [5, 5.41) is 6.83. The van der Waals surface area contributed by atoms with Crippen LogP contribution in [0.3, 0.4) is 0 Å². The van der Waals surface area contributed by atoms with Gasteiger partial charge in [-0.1, -0.05) is 5.16 Å². The molecule has 1 heterocycles. The second-order valence-electron chi connectivity index (χ2n) is 5.93. The van der Waals surface area contributed by atoms with Gasteiger partial charge in [-0.3, -0.25) is 4.79 Å². The molecule has 1 amide bonds. The number of amides is 1. The van der Waals surface area contributed by atoms with Crippen molar-refractivity contribution in [2.24, 2.45) is 5.73 Å². The highest BCUT2D eigenvalue weighted by Gasteiger charge is 2.39. The van der Waals surface area contributed by atoms with E-state index in [1.54, 1.807) is 11.8 Å². The predicted molar refractivity (Wildman–Crippen MR) is 96.3 cm³/mol. The van der Waals surface area contributed by atoms with E-state index in [-0.39, 0.29) is 23.6 Å². The fourth-order valence-electron chi connectivity index (χ4n) is 2.46. The van der Waals surface area contributed by atoms with Gasteiger partial charge in [-0.2, -0.15) is 4.98 Å². The fourth-order valence-corrected chi connectivity index (χ4v) is 3.36. The molecule has 1 aliphatic carbocycles. The Morgan fingerprint density at radius 2 is 2.04 bits per heavy atom. The van der Waals surface area contributed by atoms with Crippen LogP contribution in [-0.2, 0) is 10.3 Å². The lowest BCUT2D eigenvalue weighted by Crippen LogP contribution is -2.44. The second-order valence-corrected chi connectivity index (χ2v) is 7.35. The molecule has 3 rings (SSSR count). The van der Waals surface area contributed by atoms with Gasteiger partial charge in [0.25, 0.3) is 0 Å². The molecule has 1 unspecified atom stereocenters. The summed E-state index contributed by atoms with van der Waals surface area (Å²) in [7, 11) is 0. The number of rotatable bonds is 5. The van der Waals surface area contributed by atoms with Gasteiger partial charge in [-0.25, -0.2) is 0 Å². The largest absolute Gasteiger partial charge is 0.338 e. The molecule has 1 aromatic carbocycles. The standard InChI is InChI=1S/C16H20N4O2S.ClH/c1-10(14-19-15(20-22-14)16(17)8-3-9-16)23-13-6-4-12(5-7-13)18-11(2)21;/h4-7,10H,3,8-9,17H2,1-2H3,(H,18,21);1H. The van der Waals surface area contributed by atoms with Crippen molar-refractivity contribution >= 4 is 35.8 Å². The molecular weight excluding hydrogens is 348 g/mol. The number of thioether (sulfide) groups is 1. The van der Waals surface area contributed by atoms with Crippen molar-refractivity contribution in [2.75, 3.05) is 5.32 Å². The Morgan fingerprint density at radius 1 is 1.38 bits per heavy atom. The fraction of sp³-hybridized carbons (Fsp3) is 0.438. The molecule has 6 nitrogen and oxygen atoms in total. The number of benzene rings is 1. The molecule has 1 aliphatic rings. The summed E-state index contributed by atoms with van der Waals surface area (Å²) in [6.07, 6.45) is 2.95. The van der Waals surface area contributed by atoms with E-state index in [1.807, 2.05) is 31.2 Å². The van der Waals surface area contributed by atoms with E-state index in [2.05, 4.69) is 15.5 Å². The average Bonchev–Trinajstić information content (AvgIpc) is 2.96. The highest BCUT2D eigenvalue weighted by atomic mass is 35.5. The van der Waals surface area contributed by atoms with Crippen molar-refractivity contribution < 1.29 is 9.32 Å². The number of carbonyl (C=O) groups is 1. The van der Waals surface area contributed by atoms with E-state index in [0.29, 0.717) is 11.7 Å². The zero-order valence-corrected chi connectivity index (χ0v) is 15.2. The number of halogens is 1. The Bertz CT molecular complexity index is 700.